The first-order valence-corrected chi connectivity index (χ1v) is 7.33. The van der Waals surface area contributed by atoms with Crippen LogP contribution in [0.3, 0.4) is 0 Å². The van der Waals surface area contributed by atoms with E-state index in [2.05, 4.69) is 15.1 Å². The van der Waals surface area contributed by atoms with Crippen LogP contribution in [0.2, 0.25) is 0 Å². The summed E-state index contributed by atoms with van der Waals surface area (Å²) in [7, 11) is 1.59. The molecule has 0 saturated carbocycles. The highest BCUT2D eigenvalue weighted by atomic mass is 16.5. The predicted octanol–water partition coefficient (Wildman–Crippen LogP) is 1.64. The third-order valence-corrected chi connectivity index (χ3v) is 3.57. The number of pyridine rings is 1. The van der Waals surface area contributed by atoms with Crippen molar-refractivity contribution in [1.29, 1.82) is 0 Å². The maximum atomic E-state index is 12.6. The molecule has 0 unspecified atom stereocenters. The van der Waals surface area contributed by atoms with Crippen LogP contribution in [-0.4, -0.2) is 31.3 Å². The van der Waals surface area contributed by atoms with Gasteiger partial charge in [0.05, 0.1) is 25.0 Å². The van der Waals surface area contributed by atoms with E-state index in [1.165, 1.54) is 15.4 Å². The molecule has 0 aromatic carbocycles. The van der Waals surface area contributed by atoms with Crippen molar-refractivity contribution in [3.63, 3.8) is 0 Å². The monoisotopic (exact) mass is 313 g/mol. The molecule has 7 nitrogen and oxygen atoms in total. The van der Waals surface area contributed by atoms with Crippen LogP contribution in [0.25, 0.3) is 5.65 Å². The van der Waals surface area contributed by atoms with Gasteiger partial charge >= 0.3 is 5.69 Å². The van der Waals surface area contributed by atoms with E-state index in [0.717, 1.165) is 11.4 Å². The van der Waals surface area contributed by atoms with Crippen molar-refractivity contribution >= 4 is 5.65 Å². The van der Waals surface area contributed by atoms with E-state index in [0.29, 0.717) is 17.9 Å². The molecule has 0 amide bonds. The Morgan fingerprint density at radius 3 is 2.70 bits per heavy atom. The summed E-state index contributed by atoms with van der Waals surface area (Å²) in [5.74, 6) is 0.700. The van der Waals surface area contributed by atoms with Gasteiger partial charge in [-0.3, -0.25) is 9.55 Å². The Kier molecular flexibility index (Phi) is 3.63. The molecule has 0 saturated heterocycles. The van der Waals surface area contributed by atoms with E-state index in [4.69, 9.17) is 4.74 Å². The summed E-state index contributed by atoms with van der Waals surface area (Å²) < 4.78 is 7.99. The molecule has 0 bridgehead atoms. The van der Waals surface area contributed by atoms with Gasteiger partial charge in [-0.15, -0.1) is 0 Å². The number of fused-ring (bicyclic) bond motifs is 1. The second-order valence-corrected chi connectivity index (χ2v) is 6.39. The Morgan fingerprint density at radius 2 is 2.00 bits per heavy atom. The average molecular weight is 313 g/mol. The lowest BCUT2D eigenvalue weighted by Gasteiger charge is -2.13. The highest BCUT2D eigenvalue weighted by Crippen LogP contribution is 2.20. The van der Waals surface area contributed by atoms with Gasteiger partial charge in [0.15, 0.2) is 5.65 Å². The van der Waals surface area contributed by atoms with Crippen molar-refractivity contribution < 1.29 is 4.74 Å². The molecule has 0 radical (unpaired) electrons. The van der Waals surface area contributed by atoms with Crippen LogP contribution < -0.4 is 10.4 Å². The van der Waals surface area contributed by atoms with Crippen LogP contribution in [0.15, 0.2) is 35.5 Å². The van der Waals surface area contributed by atoms with E-state index >= 15 is 0 Å². The summed E-state index contributed by atoms with van der Waals surface area (Å²) in [5, 5.41) is 4.40. The van der Waals surface area contributed by atoms with Gasteiger partial charge in [0.1, 0.15) is 12.1 Å². The molecule has 0 N–H and O–H groups in total. The van der Waals surface area contributed by atoms with Gasteiger partial charge in [0, 0.05) is 23.7 Å². The standard InChI is InChI=1S/C16H19N5O2/c1-16(2,3)13-8-14-18-10-20(15(22)21(14)19-13)9-11-7-12(23-4)5-6-17-11/h5-8,10H,9H2,1-4H3. The SMILES string of the molecule is COc1ccnc(Cn2cnc3cc(C(C)(C)C)nn3c2=O)c1. The summed E-state index contributed by atoms with van der Waals surface area (Å²) >= 11 is 0. The third-order valence-electron chi connectivity index (χ3n) is 3.57. The molecule has 120 valence electrons. The number of hydrogen-bond donors (Lipinski definition) is 0. The van der Waals surface area contributed by atoms with Crippen LogP contribution in [0.5, 0.6) is 5.75 Å². The number of ether oxygens (including phenoxy) is 1. The Bertz CT molecular complexity index is 905. The average Bonchev–Trinajstić information content (AvgIpc) is 2.96. The number of nitrogens with zero attached hydrogens (tertiary/aromatic N) is 5. The topological polar surface area (TPSA) is 74.3 Å². The van der Waals surface area contributed by atoms with Crippen molar-refractivity contribution in [2.24, 2.45) is 0 Å². The highest BCUT2D eigenvalue weighted by Gasteiger charge is 2.19. The molecule has 3 rings (SSSR count). The Hall–Kier alpha value is -2.70. The Balaban J connectivity index is 2.02. The summed E-state index contributed by atoms with van der Waals surface area (Å²) in [4.78, 5) is 21.2. The second kappa shape index (κ2) is 5.49. The van der Waals surface area contributed by atoms with Gasteiger partial charge in [0.25, 0.3) is 0 Å². The lowest BCUT2D eigenvalue weighted by Crippen LogP contribution is -2.28. The molecular formula is C16H19N5O2. The quantitative estimate of drug-likeness (QED) is 0.735. The van der Waals surface area contributed by atoms with E-state index in [1.807, 2.05) is 26.8 Å². The Labute approximate surface area is 133 Å². The molecule has 23 heavy (non-hydrogen) atoms. The first kappa shape index (κ1) is 15.2. The van der Waals surface area contributed by atoms with Crippen LogP contribution in [-0.2, 0) is 12.0 Å². The minimum atomic E-state index is -0.241. The van der Waals surface area contributed by atoms with Gasteiger partial charge in [0.2, 0.25) is 0 Å². The lowest BCUT2D eigenvalue weighted by molar-refractivity contribution is 0.413. The van der Waals surface area contributed by atoms with Crippen LogP contribution >= 0.6 is 0 Å². The van der Waals surface area contributed by atoms with E-state index in [1.54, 1.807) is 25.4 Å². The maximum absolute atomic E-state index is 12.6. The van der Waals surface area contributed by atoms with Crippen molar-refractivity contribution in [2.75, 3.05) is 7.11 Å². The van der Waals surface area contributed by atoms with Crippen molar-refractivity contribution in [3.8, 4) is 5.75 Å². The minimum Gasteiger partial charge on any atom is -0.497 e. The first-order chi connectivity index (χ1) is 10.9. The van der Waals surface area contributed by atoms with Gasteiger partial charge in [-0.05, 0) is 6.07 Å². The molecule has 0 spiro atoms. The number of hydrogen-bond acceptors (Lipinski definition) is 5. The molecule has 3 aromatic heterocycles. The molecule has 3 heterocycles. The number of aromatic nitrogens is 5. The summed E-state index contributed by atoms with van der Waals surface area (Å²) in [5.41, 5.74) is 1.72. The minimum absolute atomic E-state index is 0.140. The number of methoxy groups -OCH3 is 1. The van der Waals surface area contributed by atoms with E-state index in [9.17, 15) is 4.79 Å². The fraction of sp³-hybridized carbons (Fsp3) is 0.375. The van der Waals surface area contributed by atoms with Crippen molar-refractivity contribution in [3.05, 3.63) is 52.6 Å². The van der Waals surface area contributed by atoms with E-state index < -0.39 is 0 Å². The van der Waals surface area contributed by atoms with Crippen molar-refractivity contribution in [1.82, 2.24) is 24.1 Å². The summed E-state index contributed by atoms with van der Waals surface area (Å²) in [6.07, 6.45) is 3.17. The number of rotatable bonds is 3. The fourth-order valence-electron chi connectivity index (χ4n) is 2.22. The zero-order chi connectivity index (χ0) is 16.6. The zero-order valence-electron chi connectivity index (χ0n) is 13.6. The summed E-state index contributed by atoms with van der Waals surface area (Å²) in [6, 6.07) is 5.40. The van der Waals surface area contributed by atoms with E-state index in [-0.39, 0.29) is 11.1 Å². The van der Waals surface area contributed by atoms with Gasteiger partial charge in [-0.2, -0.15) is 9.61 Å². The second-order valence-electron chi connectivity index (χ2n) is 6.39. The first-order valence-electron chi connectivity index (χ1n) is 7.33. The van der Waals surface area contributed by atoms with Gasteiger partial charge in [-0.25, -0.2) is 9.78 Å². The third kappa shape index (κ3) is 2.94. The normalized spacial score (nSPS) is 11.8. The smallest absolute Gasteiger partial charge is 0.352 e. The molecule has 0 fully saturated rings. The largest absolute Gasteiger partial charge is 0.497 e. The zero-order valence-corrected chi connectivity index (χ0v) is 13.6. The summed E-state index contributed by atoms with van der Waals surface area (Å²) in [6.45, 7) is 6.46. The molecule has 0 aliphatic heterocycles. The van der Waals surface area contributed by atoms with Crippen LogP contribution in [0, 0.1) is 0 Å². The molecule has 0 aliphatic carbocycles. The molecule has 0 aliphatic rings. The van der Waals surface area contributed by atoms with Gasteiger partial charge in [-0.1, -0.05) is 20.8 Å². The molecule has 0 atom stereocenters. The molecule has 7 heteroatoms. The Morgan fingerprint density at radius 1 is 1.22 bits per heavy atom. The maximum Gasteiger partial charge on any atom is 0.352 e. The van der Waals surface area contributed by atoms with Crippen LogP contribution in [0.1, 0.15) is 32.2 Å². The lowest BCUT2D eigenvalue weighted by atomic mass is 9.93. The molecule has 3 aromatic rings. The fourth-order valence-corrected chi connectivity index (χ4v) is 2.22. The van der Waals surface area contributed by atoms with Crippen LogP contribution in [0.4, 0.5) is 0 Å². The molecular weight excluding hydrogens is 294 g/mol. The highest BCUT2D eigenvalue weighted by molar-refractivity contribution is 5.39. The van der Waals surface area contributed by atoms with Crippen molar-refractivity contribution in [2.45, 2.75) is 32.7 Å². The van der Waals surface area contributed by atoms with Gasteiger partial charge < -0.3 is 4.74 Å². The predicted molar refractivity (Wildman–Crippen MR) is 85.8 cm³/mol.